The third-order valence-electron chi connectivity index (χ3n) is 3.12. The summed E-state index contributed by atoms with van der Waals surface area (Å²) in [5, 5.41) is 8.96. The Morgan fingerprint density at radius 1 is 1.25 bits per heavy atom. The van der Waals surface area contributed by atoms with Gasteiger partial charge >= 0.3 is 5.97 Å². The average molecular weight is 267 g/mol. The van der Waals surface area contributed by atoms with Crippen molar-refractivity contribution in [3.63, 3.8) is 0 Å². The molecule has 100 valence electrons. The predicted molar refractivity (Wildman–Crippen MR) is 75.0 cm³/mol. The fourth-order valence-corrected chi connectivity index (χ4v) is 2.18. The Kier molecular flexibility index (Phi) is 2.99. The molecular weight excluding hydrogens is 254 g/mol. The van der Waals surface area contributed by atoms with Crippen LogP contribution in [0.3, 0.4) is 0 Å². The highest BCUT2D eigenvalue weighted by Gasteiger charge is 2.10. The van der Waals surface area contributed by atoms with Crippen molar-refractivity contribution in [1.82, 2.24) is 4.98 Å². The Morgan fingerprint density at radius 3 is 2.85 bits per heavy atom. The summed E-state index contributed by atoms with van der Waals surface area (Å²) < 4.78 is 5.64. The summed E-state index contributed by atoms with van der Waals surface area (Å²) in [7, 11) is 0. The van der Waals surface area contributed by atoms with E-state index in [9.17, 15) is 4.79 Å². The van der Waals surface area contributed by atoms with E-state index in [0.717, 1.165) is 5.56 Å². The number of hydrogen-bond acceptors (Lipinski definition) is 3. The first-order valence-electron chi connectivity index (χ1n) is 6.30. The zero-order chi connectivity index (χ0) is 14.1. The fourth-order valence-electron chi connectivity index (χ4n) is 2.18. The molecule has 20 heavy (non-hydrogen) atoms. The maximum absolute atomic E-state index is 10.9. The molecule has 0 saturated heterocycles. The van der Waals surface area contributed by atoms with Crippen molar-refractivity contribution in [2.45, 2.75) is 13.3 Å². The van der Waals surface area contributed by atoms with Crippen LogP contribution in [0.15, 0.2) is 46.9 Å². The smallest absolute Gasteiger partial charge is 0.335 e. The zero-order valence-corrected chi connectivity index (χ0v) is 11.0. The first-order valence-corrected chi connectivity index (χ1v) is 6.30. The van der Waals surface area contributed by atoms with Gasteiger partial charge in [0.05, 0.1) is 5.56 Å². The standard InChI is InChI=1S/C16H13NO3/c1-10-3-2-4-11(7-10)8-15-17-13-9-12(16(18)19)5-6-14(13)20-15/h2-7,9H,8H2,1H3,(H,18,19). The van der Waals surface area contributed by atoms with E-state index in [0.29, 0.717) is 23.4 Å². The summed E-state index contributed by atoms with van der Waals surface area (Å²) in [6.45, 7) is 2.04. The Labute approximate surface area is 115 Å². The minimum absolute atomic E-state index is 0.216. The number of aromatic carboxylic acids is 1. The van der Waals surface area contributed by atoms with Gasteiger partial charge in [-0.1, -0.05) is 29.8 Å². The molecule has 4 heteroatoms. The number of nitrogens with zero attached hydrogens (tertiary/aromatic N) is 1. The number of benzene rings is 2. The van der Waals surface area contributed by atoms with Crippen LogP contribution in [0.2, 0.25) is 0 Å². The molecule has 1 aromatic heterocycles. The predicted octanol–water partition coefficient (Wildman–Crippen LogP) is 3.43. The van der Waals surface area contributed by atoms with Gasteiger partial charge in [-0.2, -0.15) is 0 Å². The lowest BCUT2D eigenvalue weighted by molar-refractivity contribution is 0.0697. The van der Waals surface area contributed by atoms with E-state index in [1.54, 1.807) is 6.07 Å². The van der Waals surface area contributed by atoms with Crippen LogP contribution < -0.4 is 0 Å². The van der Waals surface area contributed by atoms with Crippen LogP contribution in [-0.2, 0) is 6.42 Å². The second-order valence-corrected chi connectivity index (χ2v) is 4.76. The fraction of sp³-hybridized carbons (Fsp3) is 0.125. The molecule has 0 saturated carbocycles. The molecule has 0 bridgehead atoms. The lowest BCUT2D eigenvalue weighted by Crippen LogP contribution is -1.94. The molecule has 3 rings (SSSR count). The number of carboxylic acid groups (broad SMARTS) is 1. The minimum Gasteiger partial charge on any atom is -0.478 e. The largest absolute Gasteiger partial charge is 0.478 e. The number of carboxylic acids is 1. The Balaban J connectivity index is 1.95. The second kappa shape index (κ2) is 4.81. The van der Waals surface area contributed by atoms with Gasteiger partial charge in [0, 0.05) is 6.42 Å². The molecule has 1 N–H and O–H groups in total. The number of carbonyl (C=O) groups is 1. The normalized spacial score (nSPS) is 10.8. The van der Waals surface area contributed by atoms with Crippen molar-refractivity contribution in [2.24, 2.45) is 0 Å². The van der Waals surface area contributed by atoms with Gasteiger partial charge in [-0.3, -0.25) is 0 Å². The van der Waals surface area contributed by atoms with Gasteiger partial charge in [0.15, 0.2) is 11.5 Å². The maximum atomic E-state index is 10.9. The Morgan fingerprint density at radius 2 is 2.10 bits per heavy atom. The Bertz CT molecular complexity index is 789. The van der Waals surface area contributed by atoms with Crippen molar-refractivity contribution >= 4 is 17.1 Å². The Hall–Kier alpha value is -2.62. The lowest BCUT2D eigenvalue weighted by atomic mass is 10.1. The summed E-state index contributed by atoms with van der Waals surface area (Å²) in [6.07, 6.45) is 0.596. The van der Waals surface area contributed by atoms with Gasteiger partial charge in [-0.05, 0) is 30.7 Å². The topological polar surface area (TPSA) is 63.3 Å². The van der Waals surface area contributed by atoms with Gasteiger partial charge in [0.25, 0.3) is 0 Å². The molecular formula is C16H13NO3. The van der Waals surface area contributed by atoms with Crippen LogP contribution in [0.25, 0.3) is 11.1 Å². The molecule has 0 radical (unpaired) electrons. The van der Waals surface area contributed by atoms with Crippen LogP contribution in [0.1, 0.15) is 27.4 Å². The second-order valence-electron chi connectivity index (χ2n) is 4.76. The van der Waals surface area contributed by atoms with E-state index in [2.05, 4.69) is 11.1 Å². The van der Waals surface area contributed by atoms with Crippen molar-refractivity contribution in [1.29, 1.82) is 0 Å². The minimum atomic E-state index is -0.963. The van der Waals surface area contributed by atoms with Gasteiger partial charge in [0.1, 0.15) is 5.52 Å². The zero-order valence-electron chi connectivity index (χ0n) is 11.0. The number of oxazole rings is 1. The quantitative estimate of drug-likeness (QED) is 0.789. The molecule has 3 aromatic rings. The highest BCUT2D eigenvalue weighted by atomic mass is 16.4. The van der Waals surface area contributed by atoms with Crippen LogP contribution in [0.4, 0.5) is 0 Å². The van der Waals surface area contributed by atoms with Crippen LogP contribution in [0.5, 0.6) is 0 Å². The summed E-state index contributed by atoms with van der Waals surface area (Å²) in [4.78, 5) is 15.3. The van der Waals surface area contributed by atoms with Gasteiger partial charge in [0.2, 0.25) is 0 Å². The van der Waals surface area contributed by atoms with Crippen LogP contribution in [-0.4, -0.2) is 16.1 Å². The number of rotatable bonds is 3. The summed E-state index contributed by atoms with van der Waals surface area (Å²) in [6, 6.07) is 12.8. The van der Waals surface area contributed by atoms with Crippen molar-refractivity contribution in [3.8, 4) is 0 Å². The number of fused-ring (bicyclic) bond motifs is 1. The summed E-state index contributed by atoms with van der Waals surface area (Å²) in [5.74, 6) is -0.372. The number of aryl methyl sites for hydroxylation is 1. The van der Waals surface area contributed by atoms with Gasteiger partial charge < -0.3 is 9.52 Å². The number of hydrogen-bond donors (Lipinski definition) is 1. The van der Waals surface area contributed by atoms with Crippen molar-refractivity contribution in [2.75, 3.05) is 0 Å². The highest BCUT2D eigenvalue weighted by Crippen LogP contribution is 2.19. The molecule has 0 aliphatic carbocycles. The van der Waals surface area contributed by atoms with E-state index >= 15 is 0 Å². The first-order chi connectivity index (χ1) is 9.61. The molecule has 0 aliphatic heterocycles. The average Bonchev–Trinajstić information content (AvgIpc) is 2.79. The van der Waals surface area contributed by atoms with E-state index < -0.39 is 5.97 Å². The highest BCUT2D eigenvalue weighted by molar-refractivity contribution is 5.91. The molecule has 4 nitrogen and oxygen atoms in total. The first kappa shape index (κ1) is 12.4. The summed E-state index contributed by atoms with van der Waals surface area (Å²) in [5.41, 5.74) is 3.71. The van der Waals surface area contributed by atoms with Crippen LogP contribution >= 0.6 is 0 Å². The third kappa shape index (κ3) is 2.40. The molecule has 0 aliphatic rings. The number of aromatic nitrogens is 1. The van der Waals surface area contributed by atoms with Crippen LogP contribution in [0, 0.1) is 6.92 Å². The molecule has 0 spiro atoms. The summed E-state index contributed by atoms with van der Waals surface area (Å²) >= 11 is 0. The molecule has 1 heterocycles. The van der Waals surface area contributed by atoms with Crippen molar-refractivity contribution < 1.29 is 14.3 Å². The molecule has 0 atom stereocenters. The third-order valence-corrected chi connectivity index (χ3v) is 3.12. The van der Waals surface area contributed by atoms with E-state index in [1.165, 1.54) is 17.7 Å². The van der Waals surface area contributed by atoms with E-state index in [-0.39, 0.29) is 5.56 Å². The molecule has 2 aromatic carbocycles. The van der Waals surface area contributed by atoms with Gasteiger partial charge in [-0.15, -0.1) is 0 Å². The maximum Gasteiger partial charge on any atom is 0.335 e. The molecule has 0 unspecified atom stereocenters. The van der Waals surface area contributed by atoms with E-state index in [4.69, 9.17) is 9.52 Å². The van der Waals surface area contributed by atoms with Crippen molar-refractivity contribution in [3.05, 3.63) is 65.0 Å². The monoisotopic (exact) mass is 267 g/mol. The van der Waals surface area contributed by atoms with E-state index in [1.807, 2.05) is 25.1 Å². The molecule has 0 amide bonds. The SMILES string of the molecule is Cc1cccc(Cc2nc3cc(C(=O)O)ccc3o2)c1. The lowest BCUT2D eigenvalue weighted by Gasteiger charge is -1.98. The van der Waals surface area contributed by atoms with Gasteiger partial charge in [-0.25, -0.2) is 9.78 Å². The molecule has 0 fully saturated rings.